The second kappa shape index (κ2) is 6.78. The van der Waals surface area contributed by atoms with Crippen molar-refractivity contribution in [3.63, 3.8) is 0 Å². The Morgan fingerprint density at radius 2 is 2.15 bits per heavy atom. The first kappa shape index (κ1) is 14.9. The molecule has 2 aromatic rings. The monoisotopic (exact) mass is 385 g/mol. The number of halogens is 1. The molecule has 1 aromatic heterocycles. The molecule has 0 amide bonds. The van der Waals surface area contributed by atoms with Crippen molar-refractivity contribution in [3.05, 3.63) is 52.8 Å². The second-order valence-corrected chi connectivity index (χ2v) is 5.16. The van der Waals surface area contributed by atoms with Gasteiger partial charge in [0.25, 0.3) is 0 Å². The Balaban J connectivity index is 2.05. The van der Waals surface area contributed by atoms with Crippen molar-refractivity contribution < 1.29 is 14.6 Å². The summed E-state index contributed by atoms with van der Waals surface area (Å²) in [6.07, 6.45) is 1.67. The van der Waals surface area contributed by atoms with E-state index in [1.165, 1.54) is 5.56 Å². The number of aromatic nitrogens is 1. The molecule has 0 spiro atoms. The number of ether oxygens (including phenoxy) is 1. The van der Waals surface area contributed by atoms with E-state index < -0.39 is 5.97 Å². The summed E-state index contributed by atoms with van der Waals surface area (Å²) in [6, 6.07) is 9.71. The molecule has 0 aliphatic rings. The summed E-state index contributed by atoms with van der Waals surface area (Å²) < 4.78 is 6.09. The van der Waals surface area contributed by atoms with Crippen LogP contribution in [0.4, 0.5) is 0 Å². The van der Waals surface area contributed by atoms with E-state index >= 15 is 0 Å². The maximum absolute atomic E-state index is 10.9. The van der Waals surface area contributed by atoms with Crippen LogP contribution in [-0.2, 0) is 12.8 Å². The normalized spacial score (nSPS) is 10.5. The van der Waals surface area contributed by atoms with Crippen LogP contribution in [-0.4, -0.2) is 20.7 Å². The van der Waals surface area contributed by atoms with Gasteiger partial charge in [-0.3, -0.25) is 0 Å². The molecule has 0 fully saturated rings. The summed E-state index contributed by atoms with van der Waals surface area (Å²) in [7, 11) is 0. The smallest absolute Gasteiger partial charge is 0.352 e. The Hall–Kier alpha value is -1.50. The maximum Gasteiger partial charge on any atom is 0.352 e. The Kier molecular flexibility index (Phi) is 5.05. The van der Waals surface area contributed by atoms with E-state index in [-0.39, 0.29) is 5.69 Å². The second-order valence-electron chi connectivity index (χ2n) is 4.54. The number of aromatic carboxylic acids is 1. The number of carboxylic acids is 1. The zero-order chi connectivity index (χ0) is 14.5. The van der Waals surface area contributed by atoms with E-state index in [0.717, 1.165) is 29.8 Å². The Bertz CT molecular complexity index is 607. The average Bonchev–Trinajstić information content (AvgIpc) is 2.79. The Morgan fingerprint density at radius 1 is 1.35 bits per heavy atom. The molecule has 5 heteroatoms. The average molecular weight is 385 g/mol. The molecule has 1 heterocycles. The molecule has 2 rings (SSSR count). The third-order valence-corrected chi connectivity index (χ3v) is 3.47. The van der Waals surface area contributed by atoms with Crippen LogP contribution >= 0.6 is 22.6 Å². The number of H-pyrrole nitrogens is 1. The molecule has 0 unspecified atom stereocenters. The van der Waals surface area contributed by atoms with E-state index in [9.17, 15) is 4.79 Å². The summed E-state index contributed by atoms with van der Waals surface area (Å²) in [5, 5.41) is 8.95. The topological polar surface area (TPSA) is 62.3 Å². The summed E-state index contributed by atoms with van der Waals surface area (Å²) in [5.74, 6) is -0.0503. The first-order valence-electron chi connectivity index (χ1n) is 6.29. The lowest BCUT2D eigenvalue weighted by Gasteiger charge is -2.05. The van der Waals surface area contributed by atoms with Gasteiger partial charge in [-0.1, -0.05) is 12.1 Å². The largest absolute Gasteiger partial charge is 0.483 e. The molecule has 0 aliphatic carbocycles. The molecule has 0 saturated heterocycles. The van der Waals surface area contributed by atoms with Gasteiger partial charge < -0.3 is 14.8 Å². The van der Waals surface area contributed by atoms with Gasteiger partial charge in [-0.25, -0.2) is 4.79 Å². The maximum atomic E-state index is 10.9. The van der Waals surface area contributed by atoms with Crippen molar-refractivity contribution >= 4 is 28.6 Å². The van der Waals surface area contributed by atoms with Crippen molar-refractivity contribution in [1.29, 1.82) is 0 Å². The molecule has 2 N–H and O–H groups in total. The van der Waals surface area contributed by atoms with Gasteiger partial charge in [0.2, 0.25) is 0 Å². The highest BCUT2D eigenvalue weighted by Gasteiger charge is 2.10. The van der Waals surface area contributed by atoms with Gasteiger partial charge in [0.05, 0.1) is 0 Å². The van der Waals surface area contributed by atoms with Gasteiger partial charge in [0, 0.05) is 5.69 Å². The third kappa shape index (κ3) is 3.75. The van der Waals surface area contributed by atoms with Crippen molar-refractivity contribution in [2.45, 2.75) is 19.8 Å². The first-order chi connectivity index (χ1) is 9.60. The molecule has 4 nitrogen and oxygen atoms in total. The standard InChI is InChI=1S/C15H16INO3/c1-10-12(8-14(17-10)15(18)19)6-5-11-3-2-4-13(7-11)20-9-16/h2-4,7-8,17H,5-6,9H2,1H3,(H,18,19). The fourth-order valence-corrected chi connectivity index (χ4v) is 2.47. The quantitative estimate of drug-likeness (QED) is 0.590. The minimum atomic E-state index is -0.920. The molecule has 0 bridgehead atoms. The van der Waals surface area contributed by atoms with Gasteiger partial charge in [-0.2, -0.15) is 0 Å². The number of aryl methyl sites for hydroxylation is 3. The highest BCUT2D eigenvalue weighted by molar-refractivity contribution is 14.1. The third-order valence-electron chi connectivity index (χ3n) is 3.16. The van der Waals surface area contributed by atoms with E-state index in [1.54, 1.807) is 6.07 Å². The van der Waals surface area contributed by atoms with Crippen molar-refractivity contribution in [3.8, 4) is 5.75 Å². The van der Waals surface area contributed by atoms with E-state index in [1.807, 2.05) is 25.1 Å². The van der Waals surface area contributed by atoms with Gasteiger partial charge in [-0.15, -0.1) is 0 Å². The molecule has 0 radical (unpaired) electrons. The van der Waals surface area contributed by atoms with Crippen LogP contribution in [0.25, 0.3) is 0 Å². The zero-order valence-corrected chi connectivity index (χ0v) is 13.3. The molecule has 0 atom stereocenters. The van der Waals surface area contributed by atoms with Crippen LogP contribution in [0.1, 0.15) is 27.3 Å². The highest BCUT2D eigenvalue weighted by atomic mass is 127. The van der Waals surface area contributed by atoms with Gasteiger partial charge >= 0.3 is 5.97 Å². The number of alkyl halides is 1. The van der Waals surface area contributed by atoms with Gasteiger partial charge in [0.15, 0.2) is 0 Å². The van der Waals surface area contributed by atoms with Crippen LogP contribution in [0, 0.1) is 6.92 Å². The predicted octanol–water partition coefficient (Wildman–Crippen LogP) is 3.58. The number of carboxylic acid groups (broad SMARTS) is 1. The van der Waals surface area contributed by atoms with E-state index in [2.05, 4.69) is 33.6 Å². The molecule has 0 aliphatic heterocycles. The van der Waals surface area contributed by atoms with Crippen LogP contribution in [0.5, 0.6) is 5.75 Å². The van der Waals surface area contributed by atoms with E-state index in [4.69, 9.17) is 9.84 Å². The van der Waals surface area contributed by atoms with Crippen LogP contribution in [0.2, 0.25) is 0 Å². The highest BCUT2D eigenvalue weighted by Crippen LogP contribution is 2.18. The molecular weight excluding hydrogens is 369 g/mol. The number of carbonyl (C=O) groups is 1. The van der Waals surface area contributed by atoms with Crippen LogP contribution in [0.3, 0.4) is 0 Å². The number of rotatable bonds is 6. The lowest BCUT2D eigenvalue weighted by Crippen LogP contribution is -1.95. The molecular formula is C15H16INO3. The molecule has 20 heavy (non-hydrogen) atoms. The molecule has 1 aromatic carbocycles. The number of benzene rings is 1. The number of nitrogens with one attached hydrogen (secondary N) is 1. The SMILES string of the molecule is Cc1[nH]c(C(=O)O)cc1CCc1cccc(OCI)c1. The van der Waals surface area contributed by atoms with Crippen LogP contribution in [0.15, 0.2) is 30.3 Å². The summed E-state index contributed by atoms with van der Waals surface area (Å²) in [6.45, 7) is 1.90. The number of aromatic amines is 1. The molecule has 0 saturated carbocycles. The van der Waals surface area contributed by atoms with Gasteiger partial charge in [0.1, 0.15) is 16.1 Å². The summed E-state index contributed by atoms with van der Waals surface area (Å²) >= 11 is 2.16. The van der Waals surface area contributed by atoms with Crippen LogP contribution < -0.4 is 4.74 Å². The lowest BCUT2D eigenvalue weighted by molar-refractivity contribution is 0.0691. The van der Waals surface area contributed by atoms with Crippen molar-refractivity contribution in [2.75, 3.05) is 4.61 Å². The summed E-state index contributed by atoms with van der Waals surface area (Å²) in [5.41, 5.74) is 3.40. The molecule has 106 valence electrons. The fraction of sp³-hybridized carbons (Fsp3) is 0.267. The van der Waals surface area contributed by atoms with Crippen molar-refractivity contribution in [2.24, 2.45) is 0 Å². The Labute approximate surface area is 131 Å². The minimum absolute atomic E-state index is 0.250. The van der Waals surface area contributed by atoms with Gasteiger partial charge in [-0.05, 0) is 71.7 Å². The number of hydrogen-bond donors (Lipinski definition) is 2. The predicted molar refractivity (Wildman–Crippen MR) is 85.9 cm³/mol. The lowest BCUT2D eigenvalue weighted by atomic mass is 10.0. The minimum Gasteiger partial charge on any atom is -0.483 e. The fourth-order valence-electron chi connectivity index (χ4n) is 2.11. The number of hydrogen-bond acceptors (Lipinski definition) is 2. The zero-order valence-electron chi connectivity index (χ0n) is 11.1. The first-order valence-corrected chi connectivity index (χ1v) is 7.82. The Morgan fingerprint density at radius 3 is 2.80 bits per heavy atom. The summed E-state index contributed by atoms with van der Waals surface area (Å²) in [4.78, 5) is 13.8. The van der Waals surface area contributed by atoms with E-state index in [0.29, 0.717) is 4.61 Å². The van der Waals surface area contributed by atoms with Crippen molar-refractivity contribution in [1.82, 2.24) is 4.98 Å².